The molecule has 2 heterocycles. The lowest BCUT2D eigenvalue weighted by Gasteiger charge is -2.01. The van der Waals surface area contributed by atoms with Crippen LogP contribution in [0, 0.1) is 0 Å². The van der Waals surface area contributed by atoms with Crippen molar-refractivity contribution in [1.29, 1.82) is 0 Å². The molecule has 0 aliphatic heterocycles. The molecule has 0 saturated carbocycles. The van der Waals surface area contributed by atoms with Crippen molar-refractivity contribution < 1.29 is 0 Å². The van der Waals surface area contributed by atoms with E-state index in [1.165, 1.54) is 0 Å². The van der Waals surface area contributed by atoms with E-state index in [0.29, 0.717) is 10.8 Å². The number of aromatic nitrogens is 3. The first-order chi connectivity index (χ1) is 8.25. The van der Waals surface area contributed by atoms with Crippen LogP contribution in [0.5, 0.6) is 0 Å². The smallest absolute Gasteiger partial charge is 0.165 e. The normalized spacial score (nSPS) is 10.9. The van der Waals surface area contributed by atoms with E-state index in [0.717, 1.165) is 16.7 Å². The molecule has 5 heteroatoms. The van der Waals surface area contributed by atoms with Crippen molar-refractivity contribution >= 4 is 28.5 Å². The average Bonchev–Trinajstić information content (AvgIpc) is 2.69. The molecule has 3 rings (SSSR count). The fraction of sp³-hybridized carbons (Fsp3) is 0. The summed E-state index contributed by atoms with van der Waals surface area (Å²) in [7, 11) is 0. The molecule has 0 unspecified atom stereocenters. The quantitative estimate of drug-likeness (QED) is 0.716. The Bertz CT molecular complexity index is 673. The zero-order chi connectivity index (χ0) is 11.8. The largest absolute Gasteiger partial charge is 0.382 e. The maximum Gasteiger partial charge on any atom is 0.165 e. The monoisotopic (exact) mass is 244 g/mol. The number of nitrogens with zero attached hydrogens (tertiary/aromatic N) is 3. The van der Waals surface area contributed by atoms with Gasteiger partial charge in [0.2, 0.25) is 0 Å². The number of anilines is 1. The van der Waals surface area contributed by atoms with Crippen LogP contribution in [0.2, 0.25) is 5.02 Å². The lowest BCUT2D eigenvalue weighted by molar-refractivity contribution is 0.903. The van der Waals surface area contributed by atoms with Gasteiger partial charge in [0.25, 0.3) is 0 Å². The first-order valence-electron chi connectivity index (χ1n) is 5.11. The highest BCUT2D eigenvalue weighted by Crippen LogP contribution is 2.22. The Kier molecular flexibility index (Phi) is 2.23. The summed E-state index contributed by atoms with van der Waals surface area (Å²) in [6.45, 7) is 0. The van der Waals surface area contributed by atoms with Crippen molar-refractivity contribution in [3.05, 3.63) is 47.6 Å². The molecule has 0 atom stereocenters. The fourth-order valence-electron chi connectivity index (χ4n) is 1.74. The van der Waals surface area contributed by atoms with Gasteiger partial charge in [-0.25, -0.2) is 9.67 Å². The maximum absolute atomic E-state index is 5.85. The summed E-state index contributed by atoms with van der Waals surface area (Å²) in [5, 5.41) is 5.81. The minimum absolute atomic E-state index is 0.475. The van der Waals surface area contributed by atoms with Gasteiger partial charge in [0.1, 0.15) is 0 Å². The molecule has 3 aromatic rings. The fourth-order valence-corrected chi connectivity index (χ4v) is 1.86. The highest BCUT2D eigenvalue weighted by atomic mass is 35.5. The van der Waals surface area contributed by atoms with E-state index in [9.17, 15) is 0 Å². The summed E-state index contributed by atoms with van der Waals surface area (Å²) in [4.78, 5) is 4.29. The third kappa shape index (κ3) is 1.62. The average molecular weight is 245 g/mol. The van der Waals surface area contributed by atoms with E-state index in [4.69, 9.17) is 17.3 Å². The molecular weight excluding hydrogens is 236 g/mol. The Hall–Kier alpha value is -2.07. The molecule has 2 N–H and O–H groups in total. The Morgan fingerprint density at radius 3 is 2.65 bits per heavy atom. The topological polar surface area (TPSA) is 56.7 Å². The second-order valence-corrected chi connectivity index (χ2v) is 4.08. The minimum Gasteiger partial charge on any atom is -0.382 e. The Labute approximate surface area is 103 Å². The molecule has 0 amide bonds. The van der Waals surface area contributed by atoms with Crippen molar-refractivity contribution in [2.45, 2.75) is 0 Å². The predicted octanol–water partition coefficient (Wildman–Crippen LogP) is 2.66. The van der Waals surface area contributed by atoms with E-state index in [1.807, 2.05) is 36.4 Å². The van der Waals surface area contributed by atoms with Crippen molar-refractivity contribution in [2.24, 2.45) is 0 Å². The SMILES string of the molecule is Nc1nn(-c2ccc(Cl)cc2)c2ncccc12. The number of nitrogen functional groups attached to an aromatic ring is 1. The molecule has 1 aromatic carbocycles. The number of nitrogens with two attached hydrogens (primary N) is 1. The van der Waals surface area contributed by atoms with Crippen LogP contribution in [0.4, 0.5) is 5.82 Å². The third-order valence-corrected chi connectivity index (χ3v) is 2.79. The van der Waals surface area contributed by atoms with Gasteiger partial charge in [0.05, 0.1) is 11.1 Å². The van der Waals surface area contributed by atoms with Gasteiger partial charge in [-0.3, -0.25) is 0 Å². The number of hydrogen-bond donors (Lipinski definition) is 1. The summed E-state index contributed by atoms with van der Waals surface area (Å²) in [6, 6.07) is 11.1. The van der Waals surface area contributed by atoms with Crippen molar-refractivity contribution in [2.75, 3.05) is 5.73 Å². The molecule has 0 aliphatic rings. The predicted molar refractivity (Wildman–Crippen MR) is 68.3 cm³/mol. The lowest BCUT2D eigenvalue weighted by Crippen LogP contribution is -1.97. The number of benzene rings is 1. The molecule has 4 nitrogen and oxygen atoms in total. The molecule has 0 spiro atoms. The third-order valence-electron chi connectivity index (χ3n) is 2.54. The van der Waals surface area contributed by atoms with E-state index in [-0.39, 0.29) is 0 Å². The first-order valence-corrected chi connectivity index (χ1v) is 5.48. The van der Waals surface area contributed by atoms with Gasteiger partial charge in [-0.15, -0.1) is 5.10 Å². The molecule has 17 heavy (non-hydrogen) atoms. The molecule has 0 bridgehead atoms. The minimum atomic E-state index is 0.475. The number of rotatable bonds is 1. The second-order valence-electron chi connectivity index (χ2n) is 3.65. The maximum atomic E-state index is 5.85. The summed E-state index contributed by atoms with van der Waals surface area (Å²) < 4.78 is 1.71. The van der Waals surface area contributed by atoms with E-state index < -0.39 is 0 Å². The van der Waals surface area contributed by atoms with Crippen molar-refractivity contribution in [1.82, 2.24) is 14.8 Å². The van der Waals surface area contributed by atoms with Crippen molar-refractivity contribution in [3.63, 3.8) is 0 Å². The zero-order valence-corrected chi connectivity index (χ0v) is 9.59. The Balaban J connectivity index is 2.27. The molecule has 84 valence electrons. The summed E-state index contributed by atoms with van der Waals surface area (Å²) in [6.07, 6.45) is 1.72. The second kappa shape index (κ2) is 3.75. The van der Waals surface area contributed by atoms with Gasteiger partial charge >= 0.3 is 0 Å². The number of pyridine rings is 1. The molecule has 0 aliphatic carbocycles. The number of fused-ring (bicyclic) bond motifs is 1. The summed E-state index contributed by atoms with van der Waals surface area (Å²) >= 11 is 5.85. The lowest BCUT2D eigenvalue weighted by atomic mass is 10.3. The Morgan fingerprint density at radius 1 is 1.12 bits per heavy atom. The van der Waals surface area contributed by atoms with Crippen LogP contribution in [0.1, 0.15) is 0 Å². The van der Waals surface area contributed by atoms with Gasteiger partial charge < -0.3 is 5.73 Å². The molecular formula is C12H9ClN4. The summed E-state index contributed by atoms with van der Waals surface area (Å²) in [5.41, 5.74) is 7.47. The van der Waals surface area contributed by atoms with Gasteiger partial charge in [0, 0.05) is 11.2 Å². The van der Waals surface area contributed by atoms with Crippen LogP contribution in [0.3, 0.4) is 0 Å². The van der Waals surface area contributed by atoms with Crippen LogP contribution < -0.4 is 5.73 Å². The molecule has 2 aromatic heterocycles. The zero-order valence-electron chi connectivity index (χ0n) is 8.84. The van der Waals surface area contributed by atoms with Crippen LogP contribution >= 0.6 is 11.6 Å². The van der Waals surface area contributed by atoms with Gasteiger partial charge in [-0.05, 0) is 36.4 Å². The van der Waals surface area contributed by atoms with Crippen LogP contribution in [-0.4, -0.2) is 14.8 Å². The standard InChI is InChI=1S/C12H9ClN4/c13-8-3-5-9(6-4-8)17-12-10(11(14)16-17)2-1-7-15-12/h1-7H,(H2,14,16). The van der Waals surface area contributed by atoms with Gasteiger partial charge in [-0.1, -0.05) is 11.6 Å². The molecule has 0 saturated heterocycles. The van der Waals surface area contributed by atoms with Gasteiger partial charge in [-0.2, -0.15) is 0 Å². The van der Waals surface area contributed by atoms with Gasteiger partial charge in [0.15, 0.2) is 11.5 Å². The van der Waals surface area contributed by atoms with Crippen molar-refractivity contribution in [3.8, 4) is 5.69 Å². The molecule has 0 radical (unpaired) electrons. The van der Waals surface area contributed by atoms with E-state index in [2.05, 4.69) is 10.1 Å². The molecule has 0 fully saturated rings. The Morgan fingerprint density at radius 2 is 1.88 bits per heavy atom. The highest BCUT2D eigenvalue weighted by molar-refractivity contribution is 6.30. The highest BCUT2D eigenvalue weighted by Gasteiger charge is 2.09. The number of hydrogen-bond acceptors (Lipinski definition) is 3. The van der Waals surface area contributed by atoms with Crippen LogP contribution in [0.25, 0.3) is 16.7 Å². The summed E-state index contributed by atoms with van der Waals surface area (Å²) in [5.74, 6) is 0.475. The van der Waals surface area contributed by atoms with Crippen LogP contribution in [0.15, 0.2) is 42.6 Å². The van der Waals surface area contributed by atoms with E-state index >= 15 is 0 Å². The van der Waals surface area contributed by atoms with E-state index in [1.54, 1.807) is 10.9 Å². The number of halogens is 1. The van der Waals surface area contributed by atoms with Crippen LogP contribution in [-0.2, 0) is 0 Å². The first kappa shape index (κ1) is 10.1.